The fraction of sp³-hybridized carbons (Fsp3) is 0.0400. The first kappa shape index (κ1) is 23.8. The molecule has 0 radical (unpaired) electrons. The molecule has 0 aromatic heterocycles. The standard InChI is InChI=1S/C25H17BrFN3O5/c26-16-3-9-19(10-4-16)30-24(33)21(23(32)29-25(30)34)13-15-1-11-20(12-2-15)35-14-22(31)28-18-7-5-17(27)6-8-18/h1-13H,14H2,(H,28,31)(H,29,32,34)/b21-13+. The van der Waals surface area contributed by atoms with Gasteiger partial charge in [-0.1, -0.05) is 28.1 Å². The van der Waals surface area contributed by atoms with Gasteiger partial charge in [0.05, 0.1) is 5.69 Å². The summed E-state index contributed by atoms with van der Waals surface area (Å²) in [6.45, 7) is -0.275. The second kappa shape index (κ2) is 10.3. The molecule has 10 heteroatoms. The average Bonchev–Trinajstić information content (AvgIpc) is 2.84. The molecule has 1 heterocycles. The second-order valence-electron chi connectivity index (χ2n) is 7.35. The number of barbiturate groups is 1. The van der Waals surface area contributed by atoms with Crippen molar-refractivity contribution in [1.82, 2.24) is 5.32 Å². The summed E-state index contributed by atoms with van der Waals surface area (Å²) in [4.78, 5) is 50.4. The van der Waals surface area contributed by atoms with Crippen LogP contribution in [-0.4, -0.2) is 30.4 Å². The Bertz CT molecular complexity index is 1320. The summed E-state index contributed by atoms with van der Waals surface area (Å²) in [5.41, 5.74) is 1.06. The predicted molar refractivity (Wildman–Crippen MR) is 130 cm³/mol. The number of imide groups is 2. The van der Waals surface area contributed by atoms with Crippen molar-refractivity contribution >= 4 is 57.1 Å². The van der Waals surface area contributed by atoms with Crippen LogP contribution in [0.4, 0.5) is 20.6 Å². The van der Waals surface area contributed by atoms with Gasteiger partial charge in [-0.25, -0.2) is 14.1 Å². The van der Waals surface area contributed by atoms with Crippen molar-refractivity contribution in [2.24, 2.45) is 0 Å². The summed E-state index contributed by atoms with van der Waals surface area (Å²) in [5.74, 6) is -2.00. The highest BCUT2D eigenvalue weighted by Crippen LogP contribution is 2.24. The van der Waals surface area contributed by atoms with Gasteiger partial charge in [0.2, 0.25) is 0 Å². The third-order valence-corrected chi connectivity index (χ3v) is 5.40. The fourth-order valence-electron chi connectivity index (χ4n) is 3.19. The first-order valence-corrected chi connectivity index (χ1v) is 11.0. The highest BCUT2D eigenvalue weighted by molar-refractivity contribution is 9.10. The minimum absolute atomic E-state index is 0.208. The van der Waals surface area contributed by atoms with E-state index in [0.717, 1.165) is 9.37 Å². The normalized spacial score (nSPS) is 14.6. The Morgan fingerprint density at radius 3 is 2.29 bits per heavy atom. The van der Waals surface area contributed by atoms with E-state index in [1.54, 1.807) is 48.5 Å². The maximum Gasteiger partial charge on any atom is 0.335 e. The average molecular weight is 538 g/mol. The van der Waals surface area contributed by atoms with E-state index in [1.807, 2.05) is 0 Å². The van der Waals surface area contributed by atoms with Crippen molar-refractivity contribution < 1.29 is 28.3 Å². The molecule has 176 valence electrons. The van der Waals surface area contributed by atoms with E-state index in [1.165, 1.54) is 30.3 Å². The summed E-state index contributed by atoms with van der Waals surface area (Å²) < 4.78 is 19.2. The van der Waals surface area contributed by atoms with Crippen LogP contribution in [0, 0.1) is 5.82 Å². The lowest BCUT2D eigenvalue weighted by Gasteiger charge is -2.26. The van der Waals surface area contributed by atoms with Gasteiger partial charge in [-0.2, -0.15) is 0 Å². The van der Waals surface area contributed by atoms with Crippen LogP contribution in [0.2, 0.25) is 0 Å². The molecule has 1 aliphatic heterocycles. The summed E-state index contributed by atoms with van der Waals surface area (Å²) in [6, 6.07) is 17.3. The molecule has 0 saturated carbocycles. The molecule has 3 aromatic rings. The number of carbonyl (C=O) groups excluding carboxylic acids is 4. The van der Waals surface area contributed by atoms with Gasteiger partial charge in [0.25, 0.3) is 17.7 Å². The zero-order chi connectivity index (χ0) is 24.9. The molecule has 2 N–H and O–H groups in total. The van der Waals surface area contributed by atoms with Crippen LogP contribution in [0.3, 0.4) is 0 Å². The van der Waals surface area contributed by atoms with Gasteiger partial charge >= 0.3 is 6.03 Å². The molecule has 3 aromatic carbocycles. The molecule has 0 atom stereocenters. The molecule has 1 fully saturated rings. The number of nitrogens with zero attached hydrogens (tertiary/aromatic N) is 1. The molecular formula is C25H17BrFN3O5. The number of anilines is 2. The number of hydrogen-bond acceptors (Lipinski definition) is 5. The van der Waals surface area contributed by atoms with E-state index in [2.05, 4.69) is 26.6 Å². The van der Waals surface area contributed by atoms with E-state index >= 15 is 0 Å². The van der Waals surface area contributed by atoms with Crippen molar-refractivity contribution in [2.45, 2.75) is 0 Å². The number of benzene rings is 3. The highest BCUT2D eigenvalue weighted by Gasteiger charge is 2.36. The minimum atomic E-state index is -0.831. The summed E-state index contributed by atoms with van der Waals surface area (Å²) in [6.07, 6.45) is 1.36. The van der Waals surface area contributed by atoms with Gasteiger partial charge in [-0.15, -0.1) is 0 Å². The lowest BCUT2D eigenvalue weighted by atomic mass is 10.1. The van der Waals surface area contributed by atoms with Crippen molar-refractivity contribution in [3.63, 3.8) is 0 Å². The zero-order valence-electron chi connectivity index (χ0n) is 18.0. The van der Waals surface area contributed by atoms with E-state index in [0.29, 0.717) is 22.7 Å². The Morgan fingerprint density at radius 2 is 1.63 bits per heavy atom. The van der Waals surface area contributed by atoms with Crippen molar-refractivity contribution in [3.8, 4) is 5.75 Å². The molecular weight excluding hydrogens is 521 g/mol. The van der Waals surface area contributed by atoms with Crippen molar-refractivity contribution in [3.05, 3.63) is 94.2 Å². The van der Waals surface area contributed by atoms with Gasteiger partial charge in [-0.05, 0) is 72.3 Å². The van der Waals surface area contributed by atoms with Gasteiger partial charge in [0.1, 0.15) is 17.1 Å². The molecule has 8 nitrogen and oxygen atoms in total. The van der Waals surface area contributed by atoms with Crippen LogP contribution in [0.1, 0.15) is 5.56 Å². The molecule has 0 bridgehead atoms. The van der Waals surface area contributed by atoms with Crippen LogP contribution in [-0.2, 0) is 14.4 Å². The largest absolute Gasteiger partial charge is 0.484 e. The third-order valence-electron chi connectivity index (χ3n) is 4.88. The lowest BCUT2D eigenvalue weighted by molar-refractivity contribution is -0.122. The summed E-state index contributed by atoms with van der Waals surface area (Å²) in [7, 11) is 0. The number of ether oxygens (including phenoxy) is 1. The molecule has 1 aliphatic rings. The zero-order valence-corrected chi connectivity index (χ0v) is 19.5. The Morgan fingerprint density at radius 1 is 0.971 bits per heavy atom. The SMILES string of the molecule is O=C(COc1ccc(/C=C2\C(=O)NC(=O)N(c3ccc(Br)cc3)C2=O)cc1)Nc1ccc(F)cc1. The minimum Gasteiger partial charge on any atom is -0.484 e. The van der Waals surface area contributed by atoms with Gasteiger partial charge in [0.15, 0.2) is 6.61 Å². The maximum atomic E-state index is 12.9. The topological polar surface area (TPSA) is 105 Å². The molecule has 1 saturated heterocycles. The van der Waals surface area contributed by atoms with E-state index in [4.69, 9.17) is 4.74 Å². The second-order valence-corrected chi connectivity index (χ2v) is 8.26. The molecule has 5 amide bonds. The maximum absolute atomic E-state index is 12.9. The fourth-order valence-corrected chi connectivity index (χ4v) is 3.45. The Balaban J connectivity index is 1.42. The quantitative estimate of drug-likeness (QED) is 0.361. The summed E-state index contributed by atoms with van der Waals surface area (Å²) >= 11 is 3.29. The number of rotatable bonds is 6. The molecule has 0 spiro atoms. The van der Waals surface area contributed by atoms with Crippen LogP contribution >= 0.6 is 15.9 Å². The number of carbonyl (C=O) groups is 4. The van der Waals surface area contributed by atoms with E-state index in [-0.39, 0.29) is 12.2 Å². The summed E-state index contributed by atoms with van der Waals surface area (Å²) in [5, 5.41) is 4.75. The number of nitrogens with one attached hydrogen (secondary N) is 2. The molecule has 35 heavy (non-hydrogen) atoms. The lowest BCUT2D eigenvalue weighted by Crippen LogP contribution is -2.54. The molecule has 0 unspecified atom stereocenters. The smallest absolute Gasteiger partial charge is 0.335 e. The Kier molecular flexibility index (Phi) is 7.02. The van der Waals surface area contributed by atoms with Crippen LogP contribution in [0.5, 0.6) is 5.75 Å². The van der Waals surface area contributed by atoms with Crippen LogP contribution < -0.4 is 20.3 Å². The monoisotopic (exact) mass is 537 g/mol. The molecule has 4 rings (SSSR count). The van der Waals surface area contributed by atoms with Crippen LogP contribution in [0.25, 0.3) is 6.08 Å². The van der Waals surface area contributed by atoms with Gasteiger partial charge in [-0.3, -0.25) is 19.7 Å². The Labute approximate surface area is 207 Å². The molecule has 0 aliphatic carbocycles. The number of hydrogen-bond donors (Lipinski definition) is 2. The predicted octanol–water partition coefficient (Wildman–Crippen LogP) is 4.27. The first-order chi connectivity index (χ1) is 16.8. The van der Waals surface area contributed by atoms with Gasteiger partial charge < -0.3 is 10.1 Å². The number of halogens is 2. The van der Waals surface area contributed by atoms with Crippen molar-refractivity contribution in [2.75, 3.05) is 16.8 Å². The van der Waals surface area contributed by atoms with Crippen LogP contribution in [0.15, 0.2) is 82.8 Å². The highest BCUT2D eigenvalue weighted by atomic mass is 79.9. The number of urea groups is 1. The van der Waals surface area contributed by atoms with Crippen molar-refractivity contribution in [1.29, 1.82) is 0 Å². The van der Waals surface area contributed by atoms with E-state index in [9.17, 15) is 23.6 Å². The van der Waals surface area contributed by atoms with E-state index < -0.39 is 29.6 Å². The number of amides is 5. The first-order valence-electron chi connectivity index (χ1n) is 10.3. The Hall–Kier alpha value is -4.31. The third kappa shape index (κ3) is 5.79. The van der Waals surface area contributed by atoms with Gasteiger partial charge in [0, 0.05) is 10.2 Å².